The summed E-state index contributed by atoms with van der Waals surface area (Å²) in [6, 6.07) is 19.8. The summed E-state index contributed by atoms with van der Waals surface area (Å²) in [5.41, 5.74) is 1.28. The smallest absolute Gasteiger partial charge is 0.338 e. The Morgan fingerprint density at radius 1 is 0.974 bits per heavy atom. The van der Waals surface area contributed by atoms with E-state index in [1.165, 1.54) is 30.0 Å². The summed E-state index contributed by atoms with van der Waals surface area (Å²) < 4.78 is 11.8. The monoisotopic (exact) mass is 565 g/mol. The van der Waals surface area contributed by atoms with Crippen molar-refractivity contribution in [2.24, 2.45) is 0 Å². The number of hydrogen-bond donors (Lipinski definition) is 1. The lowest BCUT2D eigenvalue weighted by molar-refractivity contribution is -0.115. The van der Waals surface area contributed by atoms with E-state index in [-0.39, 0.29) is 33.1 Å². The molecule has 0 radical (unpaired) electrons. The SMILES string of the molecule is COc1ccc(C(=O)C(Sc2nnnn2-c2ccccc2)C(=O)Nc2cc(C(=O)OC(C)C)ccc2Cl)cc1. The van der Waals surface area contributed by atoms with Crippen molar-refractivity contribution in [3.05, 3.63) is 88.9 Å². The average molecular weight is 566 g/mol. The molecule has 1 amide bonds. The lowest BCUT2D eigenvalue weighted by Gasteiger charge is -2.17. The number of halogens is 1. The van der Waals surface area contributed by atoms with Gasteiger partial charge in [-0.15, -0.1) is 5.10 Å². The Labute approximate surface area is 233 Å². The van der Waals surface area contributed by atoms with Crippen LogP contribution in [-0.4, -0.2) is 56.3 Å². The number of nitrogens with zero attached hydrogens (tertiary/aromatic N) is 4. The molecule has 3 aromatic carbocycles. The van der Waals surface area contributed by atoms with E-state index in [1.54, 1.807) is 50.2 Å². The Balaban J connectivity index is 1.67. The summed E-state index contributed by atoms with van der Waals surface area (Å²) in [4.78, 5) is 39.6. The van der Waals surface area contributed by atoms with Crippen molar-refractivity contribution in [2.45, 2.75) is 30.4 Å². The van der Waals surface area contributed by atoms with Crippen molar-refractivity contribution < 1.29 is 23.9 Å². The van der Waals surface area contributed by atoms with Crippen LogP contribution in [0.15, 0.2) is 78.0 Å². The molecule has 12 heteroatoms. The second-order valence-corrected chi connectivity index (χ2v) is 9.92. The molecule has 39 heavy (non-hydrogen) atoms. The molecule has 0 saturated heterocycles. The predicted octanol–water partition coefficient (Wildman–Crippen LogP) is 4.87. The fourth-order valence-corrected chi connectivity index (χ4v) is 4.56. The fraction of sp³-hybridized carbons (Fsp3) is 0.185. The van der Waals surface area contributed by atoms with E-state index < -0.39 is 22.9 Å². The molecule has 1 aromatic heterocycles. The molecule has 10 nitrogen and oxygen atoms in total. The van der Waals surface area contributed by atoms with Gasteiger partial charge in [-0.25, -0.2) is 4.79 Å². The number of aromatic nitrogens is 4. The summed E-state index contributed by atoms with van der Waals surface area (Å²) in [6.45, 7) is 3.46. The highest BCUT2D eigenvalue weighted by molar-refractivity contribution is 8.01. The van der Waals surface area contributed by atoms with E-state index in [0.29, 0.717) is 11.4 Å². The number of esters is 1. The molecule has 0 spiro atoms. The van der Waals surface area contributed by atoms with Crippen LogP contribution in [0.3, 0.4) is 0 Å². The summed E-state index contributed by atoms with van der Waals surface area (Å²) in [6.07, 6.45) is -0.329. The number of Topliss-reactive ketones (excluding diaryl/α,β-unsaturated/α-hetero) is 1. The number of nitrogens with one attached hydrogen (secondary N) is 1. The molecule has 1 heterocycles. The van der Waals surface area contributed by atoms with Gasteiger partial charge < -0.3 is 14.8 Å². The zero-order chi connectivity index (χ0) is 27.9. The molecule has 0 aliphatic heterocycles. The molecular weight excluding hydrogens is 542 g/mol. The summed E-state index contributed by atoms with van der Waals surface area (Å²) in [5, 5.41) is 13.5. The second kappa shape index (κ2) is 12.5. The van der Waals surface area contributed by atoms with E-state index in [9.17, 15) is 14.4 Å². The van der Waals surface area contributed by atoms with E-state index in [0.717, 1.165) is 11.8 Å². The lowest BCUT2D eigenvalue weighted by atomic mass is 10.1. The van der Waals surface area contributed by atoms with Crippen molar-refractivity contribution in [3.63, 3.8) is 0 Å². The molecule has 200 valence electrons. The Morgan fingerprint density at radius 2 is 1.67 bits per heavy atom. The Bertz CT molecular complexity index is 1480. The van der Waals surface area contributed by atoms with Gasteiger partial charge in [0.1, 0.15) is 5.75 Å². The normalized spacial score (nSPS) is 11.6. The lowest BCUT2D eigenvalue weighted by Crippen LogP contribution is -2.33. The average Bonchev–Trinajstić information content (AvgIpc) is 3.41. The number of anilines is 1. The van der Waals surface area contributed by atoms with Gasteiger partial charge in [-0.05, 0) is 78.9 Å². The van der Waals surface area contributed by atoms with Gasteiger partial charge >= 0.3 is 5.97 Å². The summed E-state index contributed by atoms with van der Waals surface area (Å²) >= 11 is 7.21. The molecule has 0 aliphatic carbocycles. The Hall–Kier alpha value is -4.22. The number of benzene rings is 3. The minimum Gasteiger partial charge on any atom is -0.497 e. The molecule has 0 aliphatic rings. The number of ether oxygens (including phenoxy) is 2. The van der Waals surface area contributed by atoms with Gasteiger partial charge in [0, 0.05) is 5.56 Å². The predicted molar refractivity (Wildman–Crippen MR) is 147 cm³/mol. The van der Waals surface area contributed by atoms with Crippen molar-refractivity contribution in [1.29, 1.82) is 0 Å². The number of thioether (sulfide) groups is 1. The van der Waals surface area contributed by atoms with Crippen molar-refractivity contribution in [3.8, 4) is 11.4 Å². The number of amides is 1. The van der Waals surface area contributed by atoms with Gasteiger partial charge in [-0.1, -0.05) is 41.6 Å². The molecule has 0 fully saturated rings. The number of rotatable bonds is 10. The maximum atomic E-state index is 13.6. The molecule has 1 N–H and O–H groups in total. The molecule has 4 aromatic rings. The van der Waals surface area contributed by atoms with Crippen LogP contribution in [0.25, 0.3) is 5.69 Å². The molecule has 1 atom stereocenters. The van der Waals surface area contributed by atoms with Gasteiger partial charge in [-0.3, -0.25) is 9.59 Å². The number of hydrogen-bond acceptors (Lipinski definition) is 9. The maximum absolute atomic E-state index is 13.6. The number of para-hydroxylation sites is 1. The highest BCUT2D eigenvalue weighted by Crippen LogP contribution is 2.30. The molecule has 0 saturated carbocycles. The first kappa shape index (κ1) is 27.8. The summed E-state index contributed by atoms with van der Waals surface area (Å²) in [7, 11) is 1.52. The number of methoxy groups -OCH3 is 1. The Morgan fingerprint density at radius 3 is 2.33 bits per heavy atom. The van der Waals surface area contributed by atoms with E-state index in [2.05, 4.69) is 20.8 Å². The topological polar surface area (TPSA) is 125 Å². The third kappa shape index (κ3) is 6.81. The molecule has 4 rings (SSSR count). The van der Waals surface area contributed by atoms with E-state index in [1.807, 2.05) is 18.2 Å². The largest absolute Gasteiger partial charge is 0.497 e. The van der Waals surface area contributed by atoms with Gasteiger partial charge in [-0.2, -0.15) is 4.68 Å². The zero-order valence-electron chi connectivity index (χ0n) is 21.2. The van der Waals surface area contributed by atoms with Crippen LogP contribution in [-0.2, 0) is 9.53 Å². The van der Waals surface area contributed by atoms with Gasteiger partial charge in [0.05, 0.1) is 35.2 Å². The molecule has 0 bridgehead atoms. The molecular formula is C27H24ClN5O5S. The minimum absolute atomic E-state index is 0.149. The highest BCUT2D eigenvalue weighted by atomic mass is 35.5. The van der Waals surface area contributed by atoms with Crippen molar-refractivity contribution in [2.75, 3.05) is 12.4 Å². The van der Waals surface area contributed by atoms with Gasteiger partial charge in [0.25, 0.3) is 0 Å². The Kier molecular flexibility index (Phi) is 8.95. The standard InChI is InChI=1S/C27H24ClN5O5S/c1-16(2)38-26(36)18-11-14-21(28)22(15-18)29-25(35)24(23(34)17-9-12-20(37-3)13-10-17)39-27-30-31-32-33(27)19-7-5-4-6-8-19/h4-16,24H,1-3H3,(H,29,35). The van der Waals surface area contributed by atoms with Crippen molar-refractivity contribution >= 4 is 46.7 Å². The van der Waals surface area contributed by atoms with Crippen LogP contribution >= 0.6 is 23.4 Å². The zero-order valence-corrected chi connectivity index (χ0v) is 22.8. The van der Waals surface area contributed by atoms with Crippen LogP contribution in [0, 0.1) is 0 Å². The first-order valence-electron chi connectivity index (χ1n) is 11.8. The van der Waals surface area contributed by atoms with E-state index in [4.69, 9.17) is 21.1 Å². The highest BCUT2D eigenvalue weighted by Gasteiger charge is 2.32. The summed E-state index contributed by atoms with van der Waals surface area (Å²) in [5.74, 6) is -1.18. The van der Waals surface area contributed by atoms with Crippen LogP contribution in [0.1, 0.15) is 34.6 Å². The first-order valence-corrected chi connectivity index (χ1v) is 13.0. The van der Waals surface area contributed by atoms with Gasteiger partial charge in [0.2, 0.25) is 11.1 Å². The van der Waals surface area contributed by atoms with Crippen LogP contribution in [0.2, 0.25) is 5.02 Å². The number of ketones is 1. The third-order valence-electron chi connectivity index (χ3n) is 5.32. The van der Waals surface area contributed by atoms with Crippen LogP contribution < -0.4 is 10.1 Å². The number of tetrazole rings is 1. The van der Waals surface area contributed by atoms with E-state index >= 15 is 0 Å². The fourth-order valence-electron chi connectivity index (χ4n) is 3.45. The first-order chi connectivity index (χ1) is 18.8. The maximum Gasteiger partial charge on any atom is 0.338 e. The van der Waals surface area contributed by atoms with Gasteiger partial charge in [0.15, 0.2) is 11.0 Å². The van der Waals surface area contributed by atoms with Crippen LogP contribution in [0.5, 0.6) is 5.75 Å². The quantitative estimate of drug-likeness (QED) is 0.124. The van der Waals surface area contributed by atoms with Crippen molar-refractivity contribution in [1.82, 2.24) is 20.2 Å². The minimum atomic E-state index is -1.31. The second-order valence-electron chi connectivity index (χ2n) is 8.44. The van der Waals surface area contributed by atoms with Crippen LogP contribution in [0.4, 0.5) is 5.69 Å². The number of carbonyl (C=O) groups is 3. The molecule has 1 unspecified atom stereocenters. The number of carbonyl (C=O) groups excluding carboxylic acids is 3. The third-order valence-corrected chi connectivity index (χ3v) is 6.78.